The second-order valence-corrected chi connectivity index (χ2v) is 17.9. The number of anilines is 2. The zero-order valence-electron chi connectivity index (χ0n) is 32.6. The van der Waals surface area contributed by atoms with Gasteiger partial charge in [-0.15, -0.1) is 11.3 Å². The van der Waals surface area contributed by atoms with Crippen LogP contribution in [0.2, 0.25) is 0 Å². The molecule has 4 atom stereocenters. The Morgan fingerprint density at radius 3 is 2.00 bits per heavy atom. The van der Waals surface area contributed by atoms with Crippen LogP contribution in [0.15, 0.2) is 181 Å². The Hall–Kier alpha value is -6.16. The first kappa shape index (κ1) is 33.0. The molecule has 12 rings (SSSR count). The molecule has 2 aromatic heterocycles. The van der Waals surface area contributed by atoms with Gasteiger partial charge < -0.3 is 9.47 Å². The van der Waals surface area contributed by atoms with E-state index in [0.717, 1.165) is 0 Å². The van der Waals surface area contributed by atoms with Crippen molar-refractivity contribution in [2.24, 2.45) is 11.8 Å². The van der Waals surface area contributed by atoms with Crippen LogP contribution in [0.1, 0.15) is 38.8 Å². The number of hydrogen-bond donors (Lipinski definition) is 0. The standard InChI is InChI=1S/C54H42N2S/c1-33-28-29-53(3)43-22-10-13-25-47(43)56(48-26-15-21-41-40-20-9-14-27-49(40)57-51(41)48)54(4)44(30-34(2)50(33)52(53)54)42-32-36(31-35-16-5-6-17-37(35)42)55-45-23-11-7-18-38(45)39-19-8-12-24-46(39)55/h5-34H,1-4H3. The fraction of sp³-hybridized carbons (Fsp3) is 0.148. The molecule has 57 heavy (non-hydrogen) atoms. The van der Waals surface area contributed by atoms with Gasteiger partial charge in [-0.1, -0.05) is 147 Å². The first-order valence-corrected chi connectivity index (χ1v) is 21.2. The Balaban J connectivity index is 1.21. The van der Waals surface area contributed by atoms with E-state index in [0.29, 0.717) is 5.92 Å². The molecule has 0 spiro atoms. The van der Waals surface area contributed by atoms with Crippen molar-refractivity contribution >= 4 is 81.0 Å². The van der Waals surface area contributed by atoms with E-state index < -0.39 is 5.54 Å². The number of fused-ring (bicyclic) bond motifs is 9. The van der Waals surface area contributed by atoms with Crippen LogP contribution in [-0.2, 0) is 5.41 Å². The molecule has 0 radical (unpaired) electrons. The molecule has 0 amide bonds. The predicted octanol–water partition coefficient (Wildman–Crippen LogP) is 14.7. The number of hydrogen-bond acceptors (Lipinski definition) is 2. The second kappa shape index (κ2) is 11.7. The van der Waals surface area contributed by atoms with Gasteiger partial charge in [-0.05, 0) is 101 Å². The van der Waals surface area contributed by atoms with Crippen LogP contribution in [0.5, 0.6) is 0 Å². The van der Waals surface area contributed by atoms with E-state index in [9.17, 15) is 0 Å². The van der Waals surface area contributed by atoms with Crippen molar-refractivity contribution in [2.45, 2.75) is 38.6 Å². The summed E-state index contributed by atoms with van der Waals surface area (Å²) in [5.41, 5.74) is 12.5. The van der Waals surface area contributed by atoms with E-state index in [1.807, 2.05) is 11.3 Å². The maximum Gasteiger partial charge on any atom is 0.0905 e. The molecule has 1 aliphatic heterocycles. The molecule has 2 aliphatic carbocycles. The summed E-state index contributed by atoms with van der Waals surface area (Å²) in [6.45, 7) is 9.88. The molecule has 2 nitrogen and oxygen atoms in total. The van der Waals surface area contributed by atoms with Crippen LogP contribution in [0.3, 0.4) is 0 Å². The lowest BCUT2D eigenvalue weighted by atomic mass is 9.53. The summed E-state index contributed by atoms with van der Waals surface area (Å²) in [7, 11) is 0. The lowest BCUT2D eigenvalue weighted by molar-refractivity contribution is 0.470. The third-order valence-corrected chi connectivity index (χ3v) is 14.9. The van der Waals surface area contributed by atoms with Crippen LogP contribution in [-0.4, -0.2) is 10.1 Å². The molecule has 0 saturated heterocycles. The normalized spacial score (nSPS) is 22.8. The van der Waals surface area contributed by atoms with Gasteiger partial charge in [-0.2, -0.15) is 0 Å². The van der Waals surface area contributed by atoms with Gasteiger partial charge in [-0.25, -0.2) is 0 Å². The van der Waals surface area contributed by atoms with Crippen molar-refractivity contribution in [1.29, 1.82) is 0 Å². The maximum atomic E-state index is 2.75. The zero-order chi connectivity index (χ0) is 38.2. The Labute approximate surface area is 337 Å². The van der Waals surface area contributed by atoms with Gasteiger partial charge >= 0.3 is 0 Å². The minimum Gasteiger partial charge on any atom is -0.326 e. The first-order valence-electron chi connectivity index (χ1n) is 20.3. The highest BCUT2D eigenvalue weighted by molar-refractivity contribution is 7.26. The molecule has 3 heterocycles. The fourth-order valence-corrected chi connectivity index (χ4v) is 12.6. The third kappa shape index (κ3) is 4.30. The van der Waals surface area contributed by atoms with E-state index in [1.165, 1.54) is 92.1 Å². The molecule has 0 fully saturated rings. The summed E-state index contributed by atoms with van der Waals surface area (Å²) < 4.78 is 5.15. The average Bonchev–Trinajstić information content (AvgIpc) is 3.79. The van der Waals surface area contributed by atoms with Crippen LogP contribution >= 0.6 is 11.3 Å². The van der Waals surface area contributed by atoms with E-state index in [4.69, 9.17) is 0 Å². The number of thiophene rings is 1. The van der Waals surface area contributed by atoms with E-state index in [2.05, 4.69) is 207 Å². The maximum absolute atomic E-state index is 2.75. The Morgan fingerprint density at radius 1 is 0.579 bits per heavy atom. The van der Waals surface area contributed by atoms with E-state index in [-0.39, 0.29) is 11.3 Å². The minimum atomic E-state index is -0.531. The Kier molecular flexibility index (Phi) is 6.77. The van der Waals surface area contributed by atoms with Gasteiger partial charge in [0.15, 0.2) is 0 Å². The molecule has 4 unspecified atom stereocenters. The van der Waals surface area contributed by atoms with Gasteiger partial charge in [-0.3, -0.25) is 0 Å². The molecule has 9 aromatic rings. The van der Waals surface area contributed by atoms with Crippen molar-refractivity contribution < 1.29 is 0 Å². The molecular weight excluding hydrogens is 709 g/mol. The van der Waals surface area contributed by atoms with E-state index >= 15 is 0 Å². The van der Waals surface area contributed by atoms with Crippen LogP contribution in [0.4, 0.5) is 11.4 Å². The highest BCUT2D eigenvalue weighted by atomic mass is 32.1. The number of nitrogens with zero attached hydrogens (tertiary/aromatic N) is 2. The largest absolute Gasteiger partial charge is 0.326 e. The predicted molar refractivity (Wildman–Crippen MR) is 244 cm³/mol. The summed E-state index contributed by atoms with van der Waals surface area (Å²) in [5, 5.41) is 7.73. The van der Waals surface area contributed by atoms with Gasteiger partial charge in [0.2, 0.25) is 0 Å². The second-order valence-electron chi connectivity index (χ2n) is 16.8. The molecule has 0 saturated carbocycles. The van der Waals surface area contributed by atoms with Crippen molar-refractivity contribution in [2.75, 3.05) is 4.90 Å². The quantitative estimate of drug-likeness (QED) is 0.163. The monoisotopic (exact) mass is 750 g/mol. The summed E-state index contributed by atoms with van der Waals surface area (Å²) >= 11 is 1.92. The van der Waals surface area contributed by atoms with E-state index in [1.54, 1.807) is 5.57 Å². The molecule has 7 aromatic carbocycles. The van der Waals surface area contributed by atoms with Crippen molar-refractivity contribution in [3.8, 4) is 5.69 Å². The van der Waals surface area contributed by atoms with Crippen molar-refractivity contribution in [1.82, 2.24) is 4.57 Å². The third-order valence-electron chi connectivity index (χ3n) is 13.7. The minimum absolute atomic E-state index is 0.255. The number of allylic oxidation sites excluding steroid dienone is 4. The summed E-state index contributed by atoms with van der Waals surface area (Å²) in [4.78, 5) is 2.75. The Bertz CT molecular complexity index is 3230. The first-order chi connectivity index (χ1) is 27.9. The summed E-state index contributed by atoms with van der Waals surface area (Å²) in [5.74, 6) is 0.582. The topological polar surface area (TPSA) is 8.17 Å². The van der Waals surface area contributed by atoms with Gasteiger partial charge in [0.1, 0.15) is 0 Å². The van der Waals surface area contributed by atoms with Crippen LogP contribution < -0.4 is 4.90 Å². The van der Waals surface area contributed by atoms with Crippen molar-refractivity contribution in [3.63, 3.8) is 0 Å². The summed E-state index contributed by atoms with van der Waals surface area (Å²) in [6.07, 6.45) is 7.65. The summed E-state index contributed by atoms with van der Waals surface area (Å²) in [6, 6.07) is 56.8. The van der Waals surface area contributed by atoms with Crippen molar-refractivity contribution in [3.05, 3.63) is 192 Å². The molecule has 3 heteroatoms. The molecule has 274 valence electrons. The lowest BCUT2D eigenvalue weighted by Crippen LogP contribution is -2.58. The SMILES string of the molecule is CC1C=CC2(C)C3=C1C(C)C=C(c1cc(-n4c5ccccc5c5ccccc54)cc4ccccc14)C3(C)N(c1cccc3c1sc1ccccc13)c1ccccc12. The number of aromatic nitrogens is 1. The molecule has 0 N–H and O–H groups in total. The molecular formula is C54H42N2S. The molecule has 3 aliphatic rings. The highest BCUT2D eigenvalue weighted by Gasteiger charge is 2.57. The fourth-order valence-electron chi connectivity index (χ4n) is 11.4. The van der Waals surface area contributed by atoms with Gasteiger partial charge in [0, 0.05) is 43.0 Å². The van der Waals surface area contributed by atoms with Gasteiger partial charge in [0.25, 0.3) is 0 Å². The lowest BCUT2D eigenvalue weighted by Gasteiger charge is -2.60. The van der Waals surface area contributed by atoms with Crippen LogP contribution in [0, 0.1) is 11.8 Å². The smallest absolute Gasteiger partial charge is 0.0905 e. The Morgan fingerprint density at radius 2 is 1.21 bits per heavy atom. The number of para-hydroxylation sites is 3. The average molecular weight is 751 g/mol. The molecule has 0 bridgehead atoms. The van der Waals surface area contributed by atoms with Gasteiger partial charge in [0.05, 0.1) is 27.0 Å². The zero-order valence-corrected chi connectivity index (χ0v) is 33.4. The number of benzene rings is 7. The number of rotatable bonds is 3. The van der Waals surface area contributed by atoms with Crippen LogP contribution in [0.25, 0.3) is 64.0 Å². The highest BCUT2D eigenvalue weighted by Crippen LogP contribution is 2.64.